The van der Waals surface area contributed by atoms with Gasteiger partial charge in [-0.2, -0.15) is 11.8 Å². The summed E-state index contributed by atoms with van der Waals surface area (Å²) in [7, 11) is 2.55. The first kappa shape index (κ1) is 41.2. The molecule has 0 spiro atoms. The molecule has 0 aromatic heterocycles. The molecule has 3 atom stereocenters. The Kier molecular flexibility index (Phi) is 18.8. The van der Waals surface area contributed by atoms with Gasteiger partial charge in [0.2, 0.25) is 9.04 Å². The summed E-state index contributed by atoms with van der Waals surface area (Å²) in [6.45, 7) is 14.9. The van der Waals surface area contributed by atoms with Crippen molar-refractivity contribution in [1.29, 1.82) is 0 Å². The first-order chi connectivity index (χ1) is 23.1. The number of hydrogen-bond donors (Lipinski definition) is 0. The lowest BCUT2D eigenvalue weighted by Gasteiger charge is -2.43. The minimum absolute atomic E-state index is 0.0330. The van der Waals surface area contributed by atoms with Gasteiger partial charge in [-0.05, 0) is 78.4 Å². The number of fused-ring (bicyclic) bond motifs is 1. The summed E-state index contributed by atoms with van der Waals surface area (Å²) in [5.74, 6) is 5.47. The van der Waals surface area contributed by atoms with E-state index in [1.807, 2.05) is 23.5 Å². The number of methoxy groups -OCH3 is 2. The summed E-state index contributed by atoms with van der Waals surface area (Å²) in [5.41, 5.74) is 3.06. The number of thioether (sulfide) groups is 2. The van der Waals surface area contributed by atoms with Crippen molar-refractivity contribution in [3.05, 3.63) is 53.6 Å². The second-order valence-electron chi connectivity index (χ2n) is 14.6. The molecule has 0 amide bonds. The Labute approximate surface area is 302 Å². The van der Waals surface area contributed by atoms with Crippen LogP contribution in [0.25, 0.3) is 0 Å². The molecule has 3 unspecified atom stereocenters. The molecule has 48 heavy (non-hydrogen) atoms. The number of hydrogen-bond acceptors (Lipinski definition) is 8. The van der Waals surface area contributed by atoms with Crippen LogP contribution in [-0.4, -0.2) is 67.0 Å². The molecule has 9 heteroatoms. The van der Waals surface area contributed by atoms with Gasteiger partial charge < -0.3 is 28.1 Å². The highest BCUT2D eigenvalue weighted by Gasteiger charge is 2.41. The summed E-state index contributed by atoms with van der Waals surface area (Å²) in [6.07, 6.45) is 11.2. The zero-order chi connectivity index (χ0) is 34.8. The summed E-state index contributed by atoms with van der Waals surface area (Å²) < 4.78 is 33.9. The maximum atomic E-state index is 6.11. The molecule has 0 aliphatic carbocycles. The first-order valence-electron chi connectivity index (χ1n) is 17.8. The molecule has 3 rings (SSSR count). The van der Waals surface area contributed by atoms with Crippen LogP contribution in [0.2, 0.25) is 13.1 Å². The molecule has 0 saturated heterocycles. The van der Waals surface area contributed by atoms with Gasteiger partial charge in [0.1, 0.15) is 17.8 Å². The minimum Gasteiger partial charge on any atom is -0.468 e. The molecule has 6 nitrogen and oxygen atoms in total. The zero-order valence-corrected chi connectivity index (χ0v) is 33.7. The largest absolute Gasteiger partial charge is 0.468 e. The highest BCUT2D eigenvalue weighted by molar-refractivity contribution is 7.99. The molecule has 1 radical (unpaired) electrons. The molecule has 271 valence electrons. The molecule has 1 aliphatic heterocycles. The Bertz CT molecular complexity index is 1160. The normalized spacial score (nSPS) is 18.6. The predicted octanol–water partition coefficient (Wildman–Crippen LogP) is 10.7. The number of unbranched alkanes of at least 4 members (excludes halogenated alkanes) is 6. The summed E-state index contributed by atoms with van der Waals surface area (Å²) in [4.78, 5) is 1.34. The predicted molar refractivity (Wildman–Crippen MR) is 205 cm³/mol. The van der Waals surface area contributed by atoms with Crippen molar-refractivity contribution >= 4 is 32.6 Å². The first-order valence-corrected chi connectivity index (χ1v) is 22.4. The molecule has 2 aromatic carbocycles. The summed E-state index contributed by atoms with van der Waals surface area (Å²) in [5, 5.41) is 0. The van der Waals surface area contributed by atoms with Gasteiger partial charge in [0.05, 0.1) is 6.61 Å². The van der Waals surface area contributed by atoms with Crippen LogP contribution in [-0.2, 0) is 24.1 Å². The van der Waals surface area contributed by atoms with E-state index in [1.165, 1.54) is 73.1 Å². The van der Waals surface area contributed by atoms with Gasteiger partial charge in [0, 0.05) is 42.5 Å². The van der Waals surface area contributed by atoms with Crippen LogP contribution in [0.4, 0.5) is 0 Å². The third-order valence-electron chi connectivity index (χ3n) is 8.82. The standard InChI is InChI=1S/C39H63O6S2Si/c1-38(2,3)27-37(45-48(7)8)42-23-25-46-24-15-13-11-9-10-12-14-16-35-34-22-21-33(44-30-41-6)26-36(34)47-28-39(35,4)31-17-19-32(20-18-31)43-29-40-5/h17-22,26,35,37H,9-16,23-25,27-30H2,1-8H3. The van der Waals surface area contributed by atoms with E-state index in [9.17, 15) is 0 Å². The van der Waals surface area contributed by atoms with Crippen LogP contribution in [0.15, 0.2) is 47.4 Å². The smallest absolute Gasteiger partial charge is 0.208 e. The molecule has 1 heterocycles. The summed E-state index contributed by atoms with van der Waals surface area (Å²) >= 11 is 3.96. The fraction of sp³-hybridized carbons (Fsp3) is 0.692. The van der Waals surface area contributed by atoms with Crippen LogP contribution in [0, 0.1) is 5.41 Å². The van der Waals surface area contributed by atoms with E-state index in [4.69, 9.17) is 28.1 Å². The van der Waals surface area contributed by atoms with Crippen LogP contribution in [0.3, 0.4) is 0 Å². The average Bonchev–Trinajstić information content (AvgIpc) is 3.04. The topological polar surface area (TPSA) is 55.4 Å². The van der Waals surface area contributed by atoms with Gasteiger partial charge in [-0.1, -0.05) is 84.4 Å². The Hall–Kier alpha value is -1.20. The van der Waals surface area contributed by atoms with Gasteiger partial charge in [0.15, 0.2) is 13.6 Å². The van der Waals surface area contributed by atoms with E-state index in [2.05, 4.69) is 83.3 Å². The second kappa shape index (κ2) is 21.9. The van der Waals surface area contributed by atoms with Crippen molar-refractivity contribution < 1.29 is 28.1 Å². The van der Waals surface area contributed by atoms with E-state index in [1.54, 1.807) is 14.2 Å². The average molecular weight is 720 g/mol. The molecule has 2 aromatic rings. The van der Waals surface area contributed by atoms with Gasteiger partial charge >= 0.3 is 0 Å². The monoisotopic (exact) mass is 719 g/mol. The van der Waals surface area contributed by atoms with Gasteiger partial charge in [-0.3, -0.25) is 0 Å². The maximum absolute atomic E-state index is 6.11. The minimum atomic E-state index is -0.760. The fourth-order valence-corrected chi connectivity index (χ4v) is 9.21. The summed E-state index contributed by atoms with van der Waals surface area (Å²) in [6, 6.07) is 15.3. The van der Waals surface area contributed by atoms with Crippen molar-refractivity contribution in [1.82, 2.24) is 0 Å². The molecule has 0 fully saturated rings. The second-order valence-corrected chi connectivity index (χ2v) is 18.8. The lowest BCUT2D eigenvalue weighted by molar-refractivity contribution is -0.0962. The van der Waals surface area contributed by atoms with Crippen molar-refractivity contribution in [2.24, 2.45) is 5.41 Å². The third-order valence-corrected chi connectivity index (χ3v) is 12.0. The van der Waals surface area contributed by atoms with E-state index in [0.717, 1.165) is 36.0 Å². The molecule has 0 saturated carbocycles. The highest BCUT2D eigenvalue weighted by Crippen LogP contribution is 2.52. The SMILES string of the molecule is COCOc1ccc(C2(C)CSc3cc(OCOC)ccc3C2CCCCCCCCCSCCOC(CC(C)(C)C)O[Si](C)C)cc1. The van der Waals surface area contributed by atoms with E-state index in [-0.39, 0.29) is 30.7 Å². The number of ether oxygens (including phenoxy) is 5. The molecular weight excluding hydrogens is 657 g/mol. The maximum Gasteiger partial charge on any atom is 0.208 e. The quantitative estimate of drug-likeness (QED) is 0.0604. The molecule has 0 bridgehead atoms. The fourth-order valence-electron chi connectivity index (χ4n) is 6.31. The van der Waals surface area contributed by atoms with E-state index in [0.29, 0.717) is 5.92 Å². The van der Waals surface area contributed by atoms with Gasteiger partial charge in [-0.25, -0.2) is 0 Å². The lowest BCUT2D eigenvalue weighted by Crippen LogP contribution is -2.36. The molecule has 0 N–H and O–H groups in total. The van der Waals surface area contributed by atoms with Crippen LogP contribution in [0.5, 0.6) is 11.5 Å². The Morgan fingerprint density at radius 2 is 1.48 bits per heavy atom. The lowest BCUT2D eigenvalue weighted by atomic mass is 9.68. The Balaban J connectivity index is 1.41. The zero-order valence-electron chi connectivity index (χ0n) is 31.1. The highest BCUT2D eigenvalue weighted by atomic mass is 32.2. The van der Waals surface area contributed by atoms with Crippen molar-refractivity contribution in [3.8, 4) is 11.5 Å². The third kappa shape index (κ3) is 14.6. The Morgan fingerprint density at radius 3 is 2.12 bits per heavy atom. The molecular formula is C39H63O6S2Si. The number of rotatable bonds is 24. The van der Waals surface area contributed by atoms with Crippen LogP contribution >= 0.6 is 23.5 Å². The number of benzene rings is 2. The van der Waals surface area contributed by atoms with Crippen LogP contribution < -0.4 is 9.47 Å². The van der Waals surface area contributed by atoms with Crippen molar-refractivity contribution in [3.63, 3.8) is 0 Å². The van der Waals surface area contributed by atoms with Crippen molar-refractivity contribution in [2.45, 2.75) is 121 Å². The molecule has 1 aliphatic rings. The van der Waals surface area contributed by atoms with E-state index >= 15 is 0 Å². The van der Waals surface area contributed by atoms with Gasteiger partial charge in [-0.15, -0.1) is 11.8 Å². The van der Waals surface area contributed by atoms with Crippen LogP contribution in [0.1, 0.15) is 103 Å². The Morgan fingerprint density at radius 1 is 0.854 bits per heavy atom. The van der Waals surface area contributed by atoms with E-state index < -0.39 is 9.04 Å². The van der Waals surface area contributed by atoms with Crippen molar-refractivity contribution in [2.75, 3.05) is 51.7 Å². The van der Waals surface area contributed by atoms with Gasteiger partial charge in [0.25, 0.3) is 0 Å².